The van der Waals surface area contributed by atoms with Gasteiger partial charge in [-0.3, -0.25) is 0 Å². The summed E-state index contributed by atoms with van der Waals surface area (Å²) in [6, 6.07) is 5.45. The Hall–Kier alpha value is -1.18. The van der Waals surface area contributed by atoms with E-state index in [9.17, 15) is 5.11 Å². The van der Waals surface area contributed by atoms with Gasteiger partial charge in [0.2, 0.25) is 0 Å². The molecule has 0 radical (unpaired) electrons. The molecule has 0 unspecified atom stereocenters. The summed E-state index contributed by atoms with van der Waals surface area (Å²) in [5.74, 6) is 1.01. The van der Waals surface area contributed by atoms with E-state index in [0.717, 1.165) is 12.0 Å². The van der Waals surface area contributed by atoms with Crippen molar-refractivity contribution in [1.29, 1.82) is 0 Å². The van der Waals surface area contributed by atoms with Gasteiger partial charge in [-0.1, -0.05) is 26.8 Å². The summed E-state index contributed by atoms with van der Waals surface area (Å²) >= 11 is 0. The molecule has 0 amide bonds. The average molecular weight is 194 g/mol. The van der Waals surface area contributed by atoms with Crippen LogP contribution in [0.3, 0.4) is 0 Å². The third-order valence-electron chi connectivity index (χ3n) is 2.01. The highest BCUT2D eigenvalue weighted by atomic mass is 16.5. The van der Waals surface area contributed by atoms with Crippen molar-refractivity contribution in [3.63, 3.8) is 0 Å². The van der Waals surface area contributed by atoms with E-state index in [1.165, 1.54) is 0 Å². The van der Waals surface area contributed by atoms with Crippen LogP contribution in [0, 0.1) is 5.41 Å². The minimum atomic E-state index is 0.187. The minimum Gasteiger partial charge on any atom is -0.508 e. The Kier molecular flexibility index (Phi) is 3.04. The first-order valence-corrected chi connectivity index (χ1v) is 4.78. The summed E-state index contributed by atoms with van der Waals surface area (Å²) in [6.07, 6.45) is 0.864. The number of hydrogen-bond donors (Lipinski definition) is 1. The van der Waals surface area contributed by atoms with E-state index in [-0.39, 0.29) is 5.41 Å². The molecule has 2 nitrogen and oxygen atoms in total. The molecule has 0 aliphatic rings. The van der Waals surface area contributed by atoms with Gasteiger partial charge in [0.1, 0.15) is 11.5 Å². The molecule has 0 aliphatic carbocycles. The zero-order valence-corrected chi connectivity index (χ0v) is 9.29. The second-order valence-electron chi connectivity index (χ2n) is 4.73. The van der Waals surface area contributed by atoms with Crippen molar-refractivity contribution in [2.24, 2.45) is 5.41 Å². The summed E-state index contributed by atoms with van der Waals surface area (Å²) in [5.41, 5.74) is 1.16. The molecule has 78 valence electrons. The Morgan fingerprint density at radius 3 is 2.36 bits per heavy atom. The SMILES string of the molecule is COc1ccc(CC(C)(C)C)c(O)c1. The maximum atomic E-state index is 9.71. The third kappa shape index (κ3) is 2.95. The fraction of sp³-hybridized carbons (Fsp3) is 0.500. The molecule has 1 N–H and O–H groups in total. The van der Waals surface area contributed by atoms with Crippen molar-refractivity contribution < 1.29 is 9.84 Å². The van der Waals surface area contributed by atoms with Crippen LogP contribution in [0.5, 0.6) is 11.5 Å². The standard InChI is InChI=1S/C12H18O2/c1-12(2,3)8-9-5-6-10(14-4)7-11(9)13/h5-7,13H,8H2,1-4H3. The highest BCUT2D eigenvalue weighted by Crippen LogP contribution is 2.29. The number of ether oxygens (including phenoxy) is 1. The van der Waals surface area contributed by atoms with Gasteiger partial charge >= 0.3 is 0 Å². The van der Waals surface area contributed by atoms with E-state index in [1.54, 1.807) is 13.2 Å². The van der Waals surface area contributed by atoms with Gasteiger partial charge in [-0.15, -0.1) is 0 Å². The molecule has 0 aliphatic heterocycles. The predicted molar refractivity (Wildman–Crippen MR) is 57.8 cm³/mol. The lowest BCUT2D eigenvalue weighted by molar-refractivity contribution is 0.386. The topological polar surface area (TPSA) is 29.5 Å². The molecule has 0 heterocycles. The zero-order chi connectivity index (χ0) is 10.8. The molecule has 0 spiro atoms. The molecule has 0 atom stereocenters. The van der Waals surface area contributed by atoms with Gasteiger partial charge < -0.3 is 9.84 Å². The molecule has 0 saturated heterocycles. The van der Waals surface area contributed by atoms with E-state index < -0.39 is 0 Å². The Labute approximate surface area is 85.5 Å². The second kappa shape index (κ2) is 3.91. The van der Waals surface area contributed by atoms with E-state index in [4.69, 9.17) is 4.74 Å². The Bertz CT molecular complexity index is 311. The van der Waals surface area contributed by atoms with E-state index >= 15 is 0 Å². The predicted octanol–water partition coefficient (Wildman–Crippen LogP) is 2.99. The number of rotatable bonds is 2. The third-order valence-corrected chi connectivity index (χ3v) is 2.01. The molecule has 14 heavy (non-hydrogen) atoms. The molecule has 2 heteroatoms. The summed E-state index contributed by atoms with van der Waals surface area (Å²) in [4.78, 5) is 0. The highest BCUT2D eigenvalue weighted by molar-refractivity contribution is 5.40. The maximum Gasteiger partial charge on any atom is 0.122 e. The molecule has 0 bridgehead atoms. The van der Waals surface area contributed by atoms with Gasteiger partial charge in [-0.05, 0) is 23.5 Å². The normalized spacial score (nSPS) is 11.4. The smallest absolute Gasteiger partial charge is 0.122 e. The van der Waals surface area contributed by atoms with Crippen LogP contribution in [0.2, 0.25) is 0 Å². The quantitative estimate of drug-likeness (QED) is 0.784. The number of aromatic hydroxyl groups is 1. The number of benzene rings is 1. The van der Waals surface area contributed by atoms with Crippen LogP contribution in [0.4, 0.5) is 0 Å². The number of hydrogen-bond acceptors (Lipinski definition) is 2. The lowest BCUT2D eigenvalue weighted by atomic mass is 9.88. The van der Waals surface area contributed by atoms with Crippen LogP contribution in [0.25, 0.3) is 0 Å². The number of phenols is 1. The summed E-state index contributed by atoms with van der Waals surface area (Å²) in [7, 11) is 1.60. The molecule has 1 rings (SSSR count). The maximum absolute atomic E-state index is 9.71. The molecule has 0 fully saturated rings. The molecule has 1 aromatic rings. The Balaban J connectivity index is 2.89. The summed E-state index contributed by atoms with van der Waals surface area (Å²) in [6.45, 7) is 6.45. The van der Waals surface area contributed by atoms with Crippen LogP contribution < -0.4 is 4.74 Å². The molecular weight excluding hydrogens is 176 g/mol. The van der Waals surface area contributed by atoms with Gasteiger partial charge in [0.15, 0.2) is 0 Å². The van der Waals surface area contributed by atoms with E-state index in [0.29, 0.717) is 11.5 Å². The van der Waals surface area contributed by atoms with Crippen molar-refractivity contribution in [2.45, 2.75) is 27.2 Å². The second-order valence-corrected chi connectivity index (χ2v) is 4.73. The van der Waals surface area contributed by atoms with Crippen LogP contribution >= 0.6 is 0 Å². The van der Waals surface area contributed by atoms with Gasteiger partial charge in [-0.2, -0.15) is 0 Å². The largest absolute Gasteiger partial charge is 0.508 e. The number of phenolic OH excluding ortho intramolecular Hbond substituents is 1. The Morgan fingerprint density at radius 2 is 1.93 bits per heavy atom. The molecule has 0 saturated carbocycles. The molecule has 1 aromatic carbocycles. The lowest BCUT2D eigenvalue weighted by Gasteiger charge is -2.19. The van der Waals surface area contributed by atoms with Gasteiger partial charge in [0.05, 0.1) is 7.11 Å². The highest BCUT2D eigenvalue weighted by Gasteiger charge is 2.14. The first-order chi connectivity index (χ1) is 6.42. The average Bonchev–Trinajstić information content (AvgIpc) is 2.06. The fourth-order valence-corrected chi connectivity index (χ4v) is 1.39. The fourth-order valence-electron chi connectivity index (χ4n) is 1.39. The van der Waals surface area contributed by atoms with E-state index in [2.05, 4.69) is 20.8 Å². The molecular formula is C12H18O2. The first kappa shape index (κ1) is 10.9. The van der Waals surface area contributed by atoms with Crippen LogP contribution in [0.15, 0.2) is 18.2 Å². The van der Waals surface area contributed by atoms with Crippen molar-refractivity contribution in [3.05, 3.63) is 23.8 Å². The number of methoxy groups -OCH3 is 1. The first-order valence-electron chi connectivity index (χ1n) is 4.78. The van der Waals surface area contributed by atoms with Crippen molar-refractivity contribution >= 4 is 0 Å². The van der Waals surface area contributed by atoms with Crippen molar-refractivity contribution in [3.8, 4) is 11.5 Å². The van der Waals surface area contributed by atoms with Gasteiger partial charge in [0.25, 0.3) is 0 Å². The monoisotopic (exact) mass is 194 g/mol. The van der Waals surface area contributed by atoms with Gasteiger partial charge in [0, 0.05) is 6.07 Å². The lowest BCUT2D eigenvalue weighted by Crippen LogP contribution is -2.09. The van der Waals surface area contributed by atoms with Gasteiger partial charge in [-0.25, -0.2) is 0 Å². The summed E-state index contributed by atoms with van der Waals surface area (Å²) < 4.78 is 5.02. The molecule has 0 aromatic heterocycles. The Morgan fingerprint density at radius 1 is 1.29 bits per heavy atom. The van der Waals surface area contributed by atoms with E-state index in [1.807, 2.05) is 12.1 Å². The van der Waals surface area contributed by atoms with Crippen molar-refractivity contribution in [1.82, 2.24) is 0 Å². The van der Waals surface area contributed by atoms with Crippen LogP contribution in [-0.4, -0.2) is 12.2 Å². The zero-order valence-electron chi connectivity index (χ0n) is 9.29. The van der Waals surface area contributed by atoms with Crippen LogP contribution in [0.1, 0.15) is 26.3 Å². The van der Waals surface area contributed by atoms with Crippen LogP contribution in [-0.2, 0) is 6.42 Å². The minimum absolute atomic E-state index is 0.187. The van der Waals surface area contributed by atoms with Crippen molar-refractivity contribution in [2.75, 3.05) is 7.11 Å². The summed E-state index contributed by atoms with van der Waals surface area (Å²) in [5, 5.41) is 9.71.